The minimum atomic E-state index is -0.721. The molecule has 2 aromatic carbocycles. The fourth-order valence-electron chi connectivity index (χ4n) is 3.03. The molecule has 0 saturated heterocycles. The number of hydrogen-bond acceptors (Lipinski definition) is 5. The first kappa shape index (κ1) is 19.3. The highest BCUT2D eigenvalue weighted by molar-refractivity contribution is 6.06. The number of primary amides is 1. The van der Waals surface area contributed by atoms with Gasteiger partial charge < -0.3 is 20.2 Å². The quantitative estimate of drug-likeness (QED) is 0.489. The molecule has 0 aliphatic carbocycles. The summed E-state index contributed by atoms with van der Waals surface area (Å²) in [5.74, 6) is 0.0557. The van der Waals surface area contributed by atoms with E-state index in [9.17, 15) is 9.59 Å². The van der Waals surface area contributed by atoms with Crippen molar-refractivity contribution >= 4 is 28.3 Å². The van der Waals surface area contributed by atoms with Crippen LogP contribution in [0.5, 0.6) is 5.75 Å². The van der Waals surface area contributed by atoms with Gasteiger partial charge in [-0.1, -0.05) is 30.3 Å². The van der Waals surface area contributed by atoms with Crippen LogP contribution >= 0.6 is 0 Å². The number of anilines is 1. The Balaban J connectivity index is 1.42. The highest BCUT2D eigenvalue weighted by atomic mass is 16.5. The molecule has 0 bridgehead atoms. The summed E-state index contributed by atoms with van der Waals surface area (Å²) in [6.45, 7) is 2.57. The Kier molecular flexibility index (Phi) is 5.21. The summed E-state index contributed by atoms with van der Waals surface area (Å²) in [6, 6.07) is 17.0. The number of benzene rings is 2. The van der Waals surface area contributed by atoms with Crippen LogP contribution in [0.2, 0.25) is 0 Å². The van der Waals surface area contributed by atoms with Gasteiger partial charge in [-0.2, -0.15) is 5.10 Å². The average Bonchev–Trinajstić information content (AvgIpc) is 3.39. The second-order valence-electron chi connectivity index (χ2n) is 6.63. The van der Waals surface area contributed by atoms with Crippen molar-refractivity contribution in [3.05, 3.63) is 78.0 Å². The van der Waals surface area contributed by atoms with Gasteiger partial charge in [0.1, 0.15) is 18.1 Å². The molecular formula is C22H20N4O4. The van der Waals surface area contributed by atoms with E-state index in [2.05, 4.69) is 10.4 Å². The van der Waals surface area contributed by atoms with Gasteiger partial charge in [0.15, 0.2) is 11.5 Å². The zero-order chi connectivity index (χ0) is 21.1. The maximum absolute atomic E-state index is 12.5. The largest absolute Gasteiger partial charge is 0.486 e. The summed E-state index contributed by atoms with van der Waals surface area (Å²) in [7, 11) is 0. The van der Waals surface area contributed by atoms with Gasteiger partial charge in [0.05, 0.1) is 5.69 Å². The first-order valence-corrected chi connectivity index (χ1v) is 9.42. The summed E-state index contributed by atoms with van der Waals surface area (Å²) >= 11 is 0. The number of ether oxygens (including phenoxy) is 1. The number of aryl methyl sites for hydroxylation is 1. The van der Waals surface area contributed by atoms with Crippen LogP contribution in [0.15, 0.2) is 65.2 Å². The minimum absolute atomic E-state index is 0.00313. The second-order valence-corrected chi connectivity index (χ2v) is 6.63. The lowest BCUT2D eigenvalue weighted by molar-refractivity contribution is 0.0992. The fourth-order valence-corrected chi connectivity index (χ4v) is 3.03. The lowest BCUT2D eigenvalue weighted by Gasteiger charge is -2.06. The van der Waals surface area contributed by atoms with Crippen LogP contribution in [0.4, 0.5) is 5.69 Å². The first-order chi connectivity index (χ1) is 14.5. The molecule has 0 aliphatic heterocycles. The van der Waals surface area contributed by atoms with E-state index in [-0.39, 0.29) is 23.7 Å². The second kappa shape index (κ2) is 8.12. The SMILES string of the molecule is CCn1cc(NC(=O)c2ccc(COc3ccc4ccccc4c3)o2)c(C(N)=O)n1. The lowest BCUT2D eigenvalue weighted by atomic mass is 10.1. The summed E-state index contributed by atoms with van der Waals surface area (Å²) in [5.41, 5.74) is 5.56. The van der Waals surface area contributed by atoms with Gasteiger partial charge in [-0.25, -0.2) is 0 Å². The number of rotatable bonds is 7. The summed E-state index contributed by atoms with van der Waals surface area (Å²) in [6.07, 6.45) is 1.55. The van der Waals surface area contributed by atoms with Gasteiger partial charge in [0, 0.05) is 12.7 Å². The number of nitrogens with one attached hydrogen (secondary N) is 1. The van der Waals surface area contributed by atoms with Gasteiger partial charge in [0.25, 0.3) is 11.8 Å². The van der Waals surface area contributed by atoms with Crippen molar-refractivity contribution in [2.75, 3.05) is 5.32 Å². The molecule has 0 spiro atoms. The van der Waals surface area contributed by atoms with Crippen LogP contribution < -0.4 is 15.8 Å². The highest BCUT2D eigenvalue weighted by Crippen LogP contribution is 2.22. The highest BCUT2D eigenvalue weighted by Gasteiger charge is 2.19. The third-order valence-electron chi connectivity index (χ3n) is 4.55. The van der Waals surface area contributed by atoms with Crippen LogP contribution in [0.1, 0.15) is 33.7 Å². The number of carbonyl (C=O) groups is 2. The molecule has 0 saturated carbocycles. The molecule has 0 atom stereocenters. The standard InChI is InChI=1S/C22H20N4O4/c1-2-26-12-18(20(25-26)21(23)27)24-22(28)19-10-9-17(30-19)13-29-16-8-7-14-5-3-4-6-15(14)11-16/h3-12H,2,13H2,1H3,(H2,23,27)(H,24,28). The van der Waals surface area contributed by atoms with E-state index in [1.807, 2.05) is 49.4 Å². The Morgan fingerprint density at radius 1 is 1.13 bits per heavy atom. The topological polar surface area (TPSA) is 112 Å². The molecule has 4 aromatic rings. The molecule has 2 heterocycles. The number of aromatic nitrogens is 2. The smallest absolute Gasteiger partial charge is 0.291 e. The number of furan rings is 1. The van der Waals surface area contributed by atoms with E-state index >= 15 is 0 Å². The van der Waals surface area contributed by atoms with Crippen LogP contribution in [0.25, 0.3) is 10.8 Å². The Morgan fingerprint density at radius 3 is 2.70 bits per heavy atom. The molecule has 152 valence electrons. The van der Waals surface area contributed by atoms with Gasteiger partial charge in [-0.15, -0.1) is 0 Å². The zero-order valence-corrected chi connectivity index (χ0v) is 16.3. The molecular weight excluding hydrogens is 384 g/mol. The van der Waals surface area contributed by atoms with Crippen molar-refractivity contribution < 1.29 is 18.7 Å². The summed E-state index contributed by atoms with van der Waals surface area (Å²) in [4.78, 5) is 24.0. The number of nitrogens with zero attached hydrogens (tertiary/aromatic N) is 2. The molecule has 3 N–H and O–H groups in total. The minimum Gasteiger partial charge on any atom is -0.486 e. The third kappa shape index (κ3) is 4.02. The van der Waals surface area contributed by atoms with Crippen molar-refractivity contribution in [1.29, 1.82) is 0 Å². The van der Waals surface area contributed by atoms with Crippen LogP contribution in [-0.2, 0) is 13.2 Å². The van der Waals surface area contributed by atoms with E-state index in [0.29, 0.717) is 18.1 Å². The van der Waals surface area contributed by atoms with Gasteiger partial charge in [-0.3, -0.25) is 14.3 Å². The average molecular weight is 404 g/mol. The summed E-state index contributed by atoms with van der Waals surface area (Å²) < 4.78 is 12.9. The van der Waals surface area contributed by atoms with Gasteiger partial charge >= 0.3 is 0 Å². The number of fused-ring (bicyclic) bond motifs is 1. The van der Waals surface area contributed by atoms with E-state index in [0.717, 1.165) is 10.8 Å². The monoisotopic (exact) mass is 404 g/mol. The Bertz CT molecular complexity index is 1220. The maximum Gasteiger partial charge on any atom is 0.291 e. The predicted octanol–water partition coefficient (Wildman–Crippen LogP) is 3.58. The number of amides is 2. The Hall–Kier alpha value is -4.07. The summed E-state index contributed by atoms with van der Waals surface area (Å²) in [5, 5.41) is 8.86. The van der Waals surface area contributed by atoms with E-state index in [1.165, 1.54) is 4.68 Å². The Morgan fingerprint density at radius 2 is 1.93 bits per heavy atom. The molecule has 30 heavy (non-hydrogen) atoms. The number of hydrogen-bond donors (Lipinski definition) is 2. The van der Waals surface area contributed by atoms with Crippen LogP contribution in [-0.4, -0.2) is 21.6 Å². The molecule has 8 heteroatoms. The zero-order valence-electron chi connectivity index (χ0n) is 16.3. The van der Waals surface area contributed by atoms with Crippen molar-refractivity contribution in [2.24, 2.45) is 5.73 Å². The predicted molar refractivity (Wildman–Crippen MR) is 111 cm³/mol. The molecule has 0 radical (unpaired) electrons. The van der Waals surface area contributed by atoms with E-state index in [4.69, 9.17) is 14.9 Å². The molecule has 4 rings (SSSR count). The van der Waals surface area contributed by atoms with Crippen molar-refractivity contribution in [2.45, 2.75) is 20.1 Å². The fraction of sp³-hybridized carbons (Fsp3) is 0.136. The molecule has 0 fully saturated rings. The third-order valence-corrected chi connectivity index (χ3v) is 4.55. The maximum atomic E-state index is 12.5. The molecule has 0 aliphatic rings. The number of carbonyl (C=O) groups excluding carboxylic acids is 2. The first-order valence-electron chi connectivity index (χ1n) is 9.42. The lowest BCUT2D eigenvalue weighted by Crippen LogP contribution is -2.17. The van der Waals surface area contributed by atoms with Crippen molar-refractivity contribution in [1.82, 2.24) is 9.78 Å². The van der Waals surface area contributed by atoms with E-state index in [1.54, 1.807) is 18.3 Å². The van der Waals surface area contributed by atoms with Gasteiger partial charge in [-0.05, 0) is 42.0 Å². The molecule has 2 aromatic heterocycles. The van der Waals surface area contributed by atoms with Crippen molar-refractivity contribution in [3.8, 4) is 5.75 Å². The van der Waals surface area contributed by atoms with E-state index < -0.39 is 11.8 Å². The van der Waals surface area contributed by atoms with Crippen LogP contribution in [0, 0.1) is 0 Å². The van der Waals surface area contributed by atoms with Gasteiger partial charge in [0.2, 0.25) is 0 Å². The molecule has 8 nitrogen and oxygen atoms in total. The Labute approximate surface area is 172 Å². The molecule has 0 unspecified atom stereocenters. The van der Waals surface area contributed by atoms with Crippen molar-refractivity contribution in [3.63, 3.8) is 0 Å². The number of nitrogens with two attached hydrogens (primary N) is 1. The van der Waals surface area contributed by atoms with Crippen LogP contribution in [0.3, 0.4) is 0 Å². The molecule has 2 amide bonds. The normalized spacial score (nSPS) is 10.8.